The van der Waals surface area contributed by atoms with Gasteiger partial charge in [-0.15, -0.1) is 0 Å². The van der Waals surface area contributed by atoms with Crippen molar-refractivity contribution in [3.63, 3.8) is 0 Å². The molecule has 1 aliphatic rings. The molecule has 6 nitrogen and oxygen atoms in total. The normalized spacial score (nSPS) is 20.9. The summed E-state index contributed by atoms with van der Waals surface area (Å²) in [5.41, 5.74) is 7.33. The van der Waals surface area contributed by atoms with Crippen LogP contribution in [0.25, 0.3) is 11.1 Å². The van der Waals surface area contributed by atoms with Gasteiger partial charge in [0.15, 0.2) is 5.17 Å². The van der Waals surface area contributed by atoms with Gasteiger partial charge in [0.25, 0.3) is 0 Å². The predicted octanol–water partition coefficient (Wildman–Crippen LogP) is 4.91. The van der Waals surface area contributed by atoms with Crippen LogP contribution in [0.1, 0.15) is 46.9 Å². The fraction of sp³-hybridized carbons (Fsp3) is 0.273. The third kappa shape index (κ3) is 3.68. The highest BCUT2D eigenvalue weighted by Gasteiger charge is 2.40. The number of nitriles is 1. The number of pyridine rings is 1. The summed E-state index contributed by atoms with van der Waals surface area (Å²) in [4.78, 5) is 8.52. The lowest BCUT2D eigenvalue weighted by molar-refractivity contribution is 0.389. The molecule has 3 heterocycles. The zero-order chi connectivity index (χ0) is 22.3. The predicted molar refractivity (Wildman–Crippen MR) is 114 cm³/mol. The first kappa shape index (κ1) is 21.0. The molecule has 0 aliphatic carbocycles. The van der Waals surface area contributed by atoms with E-state index >= 15 is 4.39 Å². The lowest BCUT2D eigenvalue weighted by Gasteiger charge is -2.35. The smallest absolute Gasteiger partial charge is 0.155 e. The Bertz CT molecular complexity index is 1230. The lowest BCUT2D eigenvalue weighted by atomic mass is 9.83. The molecule has 0 fully saturated rings. The summed E-state index contributed by atoms with van der Waals surface area (Å²) in [6.07, 6.45) is 1.85. The molecule has 31 heavy (non-hydrogen) atoms. The standard InChI is InChI=1S/C22H19F2N5OS/c1-11-20(12(2)30-29-11)19-9-22(3,28-21(26)31-19)15-7-14(16(23)8-17(15)24)13-5-4-6-27-18(13)10-25/h4-8,19H,9H2,1-3H3,(H2,26,28)/t19-,22-/m0/s1. The molecule has 1 aromatic carbocycles. The topological polar surface area (TPSA) is 101 Å². The minimum atomic E-state index is -1.06. The molecule has 0 radical (unpaired) electrons. The molecular formula is C22H19F2N5OS. The van der Waals surface area contributed by atoms with E-state index in [1.54, 1.807) is 19.1 Å². The van der Waals surface area contributed by atoms with E-state index in [1.165, 1.54) is 24.0 Å². The second-order valence-corrected chi connectivity index (χ2v) is 8.82. The number of aryl methyl sites for hydroxylation is 2. The molecule has 2 aromatic heterocycles. The Morgan fingerprint density at radius 3 is 2.71 bits per heavy atom. The van der Waals surface area contributed by atoms with Gasteiger partial charge in [-0.25, -0.2) is 13.8 Å². The summed E-state index contributed by atoms with van der Waals surface area (Å²) in [5.74, 6) is -0.841. The molecule has 158 valence electrons. The monoisotopic (exact) mass is 439 g/mol. The van der Waals surface area contributed by atoms with Crippen LogP contribution < -0.4 is 5.73 Å². The van der Waals surface area contributed by atoms with Crippen molar-refractivity contribution in [2.45, 2.75) is 38.0 Å². The van der Waals surface area contributed by atoms with Gasteiger partial charge in [-0.05, 0) is 45.4 Å². The number of nitrogens with zero attached hydrogens (tertiary/aromatic N) is 4. The van der Waals surface area contributed by atoms with E-state index in [0.717, 1.165) is 17.3 Å². The minimum Gasteiger partial charge on any atom is -0.378 e. The van der Waals surface area contributed by atoms with E-state index in [0.29, 0.717) is 17.3 Å². The van der Waals surface area contributed by atoms with Crippen LogP contribution in [0.2, 0.25) is 0 Å². The van der Waals surface area contributed by atoms with Gasteiger partial charge in [-0.2, -0.15) is 5.26 Å². The quantitative estimate of drug-likeness (QED) is 0.622. The third-order valence-corrected chi connectivity index (χ3v) is 6.47. The number of hydrogen-bond acceptors (Lipinski definition) is 7. The number of aromatic nitrogens is 2. The number of hydrogen-bond donors (Lipinski definition) is 1. The van der Waals surface area contributed by atoms with Gasteiger partial charge in [0.1, 0.15) is 29.2 Å². The summed E-state index contributed by atoms with van der Waals surface area (Å²) in [6, 6.07) is 7.35. The van der Waals surface area contributed by atoms with Gasteiger partial charge < -0.3 is 10.3 Å². The number of nitrogens with two attached hydrogens (primary N) is 1. The largest absolute Gasteiger partial charge is 0.378 e. The molecule has 4 rings (SSSR count). The third-order valence-electron chi connectivity index (χ3n) is 5.45. The summed E-state index contributed by atoms with van der Waals surface area (Å²) in [5, 5.41) is 13.5. The van der Waals surface area contributed by atoms with E-state index in [4.69, 9.17) is 10.3 Å². The summed E-state index contributed by atoms with van der Waals surface area (Å²) in [7, 11) is 0. The van der Waals surface area contributed by atoms with Crippen molar-refractivity contribution in [1.29, 1.82) is 5.26 Å². The van der Waals surface area contributed by atoms with Gasteiger partial charge in [-0.3, -0.25) is 4.99 Å². The Morgan fingerprint density at radius 1 is 1.26 bits per heavy atom. The van der Waals surface area contributed by atoms with Crippen molar-refractivity contribution >= 4 is 16.9 Å². The number of halogens is 2. The van der Waals surface area contributed by atoms with Crippen LogP contribution in [-0.2, 0) is 5.54 Å². The van der Waals surface area contributed by atoms with Crippen molar-refractivity contribution in [2.75, 3.05) is 0 Å². The zero-order valence-electron chi connectivity index (χ0n) is 17.1. The van der Waals surface area contributed by atoms with Gasteiger partial charge in [0.05, 0.1) is 11.2 Å². The van der Waals surface area contributed by atoms with Gasteiger partial charge in [0, 0.05) is 39.8 Å². The van der Waals surface area contributed by atoms with Crippen LogP contribution in [0, 0.1) is 36.8 Å². The first-order chi connectivity index (χ1) is 14.7. The summed E-state index contributed by atoms with van der Waals surface area (Å²) < 4.78 is 35.1. The highest BCUT2D eigenvalue weighted by atomic mass is 32.2. The highest BCUT2D eigenvalue weighted by molar-refractivity contribution is 8.14. The van der Waals surface area contributed by atoms with Gasteiger partial charge in [-0.1, -0.05) is 16.9 Å². The number of aliphatic imine (C=N–C) groups is 1. The molecular weight excluding hydrogens is 420 g/mol. The van der Waals surface area contributed by atoms with E-state index < -0.39 is 17.2 Å². The Morgan fingerprint density at radius 2 is 2.03 bits per heavy atom. The highest BCUT2D eigenvalue weighted by Crippen LogP contribution is 2.49. The average molecular weight is 439 g/mol. The molecule has 0 saturated carbocycles. The molecule has 2 atom stereocenters. The second kappa shape index (κ2) is 7.78. The molecule has 0 bridgehead atoms. The van der Waals surface area contributed by atoms with Crippen molar-refractivity contribution in [1.82, 2.24) is 10.1 Å². The van der Waals surface area contributed by atoms with Crippen LogP contribution >= 0.6 is 11.8 Å². The Hall–Kier alpha value is -3.25. The maximum absolute atomic E-state index is 15.0. The van der Waals surface area contributed by atoms with Crippen LogP contribution in [-0.4, -0.2) is 15.3 Å². The summed E-state index contributed by atoms with van der Waals surface area (Å²) in [6.45, 7) is 5.42. The maximum Gasteiger partial charge on any atom is 0.155 e. The van der Waals surface area contributed by atoms with Gasteiger partial charge >= 0.3 is 0 Å². The molecule has 0 unspecified atom stereocenters. The average Bonchev–Trinajstić information content (AvgIpc) is 3.05. The molecule has 0 spiro atoms. The number of thioether (sulfide) groups is 1. The second-order valence-electron chi connectivity index (χ2n) is 7.60. The van der Waals surface area contributed by atoms with Crippen molar-refractivity contribution < 1.29 is 13.3 Å². The van der Waals surface area contributed by atoms with Crippen LogP contribution in [0.4, 0.5) is 8.78 Å². The molecule has 0 saturated heterocycles. The zero-order valence-corrected chi connectivity index (χ0v) is 17.9. The Kier molecular flexibility index (Phi) is 5.27. The fourth-order valence-corrected chi connectivity index (χ4v) is 5.43. The van der Waals surface area contributed by atoms with Crippen LogP contribution in [0.3, 0.4) is 0 Å². The number of benzene rings is 1. The van der Waals surface area contributed by atoms with Crippen LogP contribution in [0.5, 0.6) is 0 Å². The van der Waals surface area contributed by atoms with E-state index in [2.05, 4.69) is 15.1 Å². The van der Waals surface area contributed by atoms with Crippen molar-refractivity contribution in [3.8, 4) is 17.2 Å². The van der Waals surface area contributed by atoms with E-state index in [-0.39, 0.29) is 27.6 Å². The SMILES string of the molecule is Cc1noc(C)c1[C@@H]1C[C@@](C)(c2cc(-c3cccnc3C#N)c(F)cc2F)N=C(N)S1. The molecule has 0 amide bonds. The fourth-order valence-electron chi connectivity index (χ4n) is 4.02. The Balaban J connectivity index is 1.85. The van der Waals surface area contributed by atoms with Crippen LogP contribution in [0.15, 0.2) is 40.0 Å². The van der Waals surface area contributed by atoms with E-state index in [9.17, 15) is 9.65 Å². The Labute approximate surface area is 182 Å². The maximum atomic E-state index is 15.0. The first-order valence-corrected chi connectivity index (χ1v) is 10.4. The first-order valence-electron chi connectivity index (χ1n) is 9.53. The minimum absolute atomic E-state index is 0.0555. The van der Waals surface area contributed by atoms with Crippen molar-refractivity contribution in [3.05, 3.63) is 70.4 Å². The molecule has 3 aromatic rings. The van der Waals surface area contributed by atoms with E-state index in [1.807, 2.05) is 19.9 Å². The summed E-state index contributed by atoms with van der Waals surface area (Å²) >= 11 is 1.36. The lowest BCUT2D eigenvalue weighted by Crippen LogP contribution is -2.31. The van der Waals surface area contributed by atoms with Gasteiger partial charge in [0.2, 0.25) is 0 Å². The number of amidine groups is 1. The molecule has 9 heteroatoms. The molecule has 2 N–H and O–H groups in total. The number of rotatable bonds is 3. The molecule has 1 aliphatic heterocycles. The van der Waals surface area contributed by atoms with Crippen molar-refractivity contribution in [2.24, 2.45) is 10.7 Å².